The second-order valence-corrected chi connectivity index (χ2v) is 8.84. The normalized spacial score (nSPS) is 16.2. The number of rotatable bonds is 4. The lowest BCUT2D eigenvalue weighted by Gasteiger charge is -2.33. The van der Waals surface area contributed by atoms with Gasteiger partial charge in [0.25, 0.3) is 0 Å². The summed E-state index contributed by atoms with van der Waals surface area (Å²) in [5.41, 5.74) is 18.2. The van der Waals surface area contributed by atoms with Crippen LogP contribution in [0.4, 0.5) is 11.6 Å². The van der Waals surface area contributed by atoms with Crippen molar-refractivity contribution < 1.29 is 4.79 Å². The molecule has 9 heteroatoms. The number of nitrogens with zero attached hydrogens (tertiary/aromatic N) is 4. The Morgan fingerprint density at radius 1 is 1.11 bits per heavy atom. The van der Waals surface area contributed by atoms with Gasteiger partial charge in [0.2, 0.25) is 0 Å². The fourth-order valence-electron chi connectivity index (χ4n) is 4.40. The van der Waals surface area contributed by atoms with Gasteiger partial charge in [0, 0.05) is 34.5 Å². The van der Waals surface area contributed by atoms with Crippen LogP contribution < -0.4 is 11.5 Å². The van der Waals surface area contributed by atoms with Gasteiger partial charge in [-0.15, -0.1) is 11.3 Å². The Kier molecular flexibility index (Phi) is 6.01. The molecule has 8 nitrogen and oxygen atoms in total. The first-order chi connectivity index (χ1) is 17.1. The summed E-state index contributed by atoms with van der Waals surface area (Å²) < 4.78 is 1.78. The third kappa shape index (κ3) is 4.14. The Balaban J connectivity index is 0.000000211. The molecule has 2 aromatic carbocycles. The van der Waals surface area contributed by atoms with Crippen LogP contribution in [0.5, 0.6) is 0 Å². The van der Waals surface area contributed by atoms with Crippen molar-refractivity contribution >= 4 is 45.9 Å². The summed E-state index contributed by atoms with van der Waals surface area (Å²) in [5.74, 6) is 2.85. The number of allylic oxidation sites excluding steroid dienone is 2. The molecule has 5 aromatic rings. The molecule has 6 rings (SSSR count). The van der Waals surface area contributed by atoms with Gasteiger partial charge in [-0.25, -0.2) is 9.78 Å². The Bertz CT molecular complexity index is 1530. The largest absolute Gasteiger partial charge is 0.382 e. The number of carbonyl (C=O) groups excluding carboxylic acids is 1. The summed E-state index contributed by atoms with van der Waals surface area (Å²) in [5, 5.41) is 14.1. The quantitative estimate of drug-likeness (QED) is 0.333. The molecule has 5 N–H and O–H groups in total. The number of nitrogens with one attached hydrogen (secondary N) is 1. The number of aromatic amines is 1. The monoisotopic (exact) mass is 481 g/mol. The standard InChI is InChI=1S/C19H16N4OS.C7H7N3/c20-18-15-7-8-19(17-12-25-13-21-17,14-5-2-1-3-6-14)11-16(15)23(22-18)9-4-10-24;8-7-5-3-1-2-4-6(5)9-10-7/h1-8,12-13H,9,11H2,(H2,20,22);1-4H,(H3,8,9,10). The summed E-state index contributed by atoms with van der Waals surface area (Å²) in [4.78, 5) is 15.2. The van der Waals surface area contributed by atoms with Crippen LogP contribution in [0.2, 0.25) is 0 Å². The number of para-hydroxylation sites is 1. The third-order valence-corrected chi connectivity index (χ3v) is 6.72. The highest BCUT2D eigenvalue weighted by molar-refractivity contribution is 7.07. The average Bonchev–Trinajstić information content (AvgIpc) is 3.64. The van der Waals surface area contributed by atoms with Gasteiger partial charge in [-0.05, 0) is 17.7 Å². The molecule has 3 heterocycles. The van der Waals surface area contributed by atoms with Crippen LogP contribution in [0.1, 0.15) is 22.5 Å². The Hall–Kier alpha value is -4.46. The zero-order chi connectivity index (χ0) is 24.3. The Labute approximate surface area is 205 Å². The van der Waals surface area contributed by atoms with Crippen LogP contribution in [0.15, 0.2) is 77.6 Å². The Morgan fingerprint density at radius 2 is 1.91 bits per heavy atom. The van der Waals surface area contributed by atoms with Crippen LogP contribution in [0.25, 0.3) is 17.0 Å². The van der Waals surface area contributed by atoms with Crippen molar-refractivity contribution in [3.05, 3.63) is 100 Å². The van der Waals surface area contributed by atoms with E-state index in [0.29, 0.717) is 24.6 Å². The molecular weight excluding hydrogens is 458 g/mol. The number of fused-ring (bicyclic) bond motifs is 2. The van der Waals surface area contributed by atoms with Crippen LogP contribution >= 0.6 is 11.3 Å². The van der Waals surface area contributed by atoms with Crippen LogP contribution in [0.3, 0.4) is 0 Å². The molecule has 0 aliphatic heterocycles. The minimum Gasteiger partial charge on any atom is -0.382 e. The van der Waals surface area contributed by atoms with E-state index in [4.69, 9.17) is 11.5 Å². The van der Waals surface area contributed by atoms with E-state index in [9.17, 15) is 4.79 Å². The van der Waals surface area contributed by atoms with Crippen LogP contribution in [0, 0.1) is 0 Å². The number of hydrogen-bond donors (Lipinski definition) is 3. The maximum Gasteiger partial charge on any atom is 0.153 e. The summed E-state index contributed by atoms with van der Waals surface area (Å²) in [7, 11) is 0. The van der Waals surface area contributed by atoms with Gasteiger partial charge < -0.3 is 11.5 Å². The molecule has 0 amide bonds. The van der Waals surface area contributed by atoms with E-state index in [1.165, 1.54) is 11.6 Å². The molecule has 0 spiro atoms. The fourth-order valence-corrected chi connectivity index (χ4v) is 5.03. The van der Waals surface area contributed by atoms with Gasteiger partial charge in [0.15, 0.2) is 11.6 Å². The number of benzene rings is 2. The molecule has 0 saturated carbocycles. The van der Waals surface area contributed by atoms with Crippen molar-refractivity contribution in [1.82, 2.24) is 25.0 Å². The molecule has 174 valence electrons. The minimum atomic E-state index is -0.372. The average molecular weight is 482 g/mol. The second-order valence-electron chi connectivity index (χ2n) is 8.13. The van der Waals surface area contributed by atoms with Gasteiger partial charge in [0.1, 0.15) is 5.94 Å². The van der Waals surface area contributed by atoms with Crippen LogP contribution in [-0.2, 0) is 23.2 Å². The molecular formula is C26H23N7OS. The van der Waals surface area contributed by atoms with Crippen LogP contribution in [-0.4, -0.2) is 30.9 Å². The van der Waals surface area contributed by atoms with E-state index in [1.807, 2.05) is 54.1 Å². The highest BCUT2D eigenvalue weighted by Crippen LogP contribution is 2.42. The molecule has 1 aliphatic carbocycles. The molecule has 0 saturated heterocycles. The number of thiazole rings is 1. The predicted octanol–water partition coefficient (Wildman–Crippen LogP) is 4.01. The van der Waals surface area contributed by atoms with Crippen molar-refractivity contribution in [3.8, 4) is 0 Å². The van der Waals surface area contributed by atoms with E-state index >= 15 is 0 Å². The molecule has 1 aliphatic rings. The van der Waals surface area contributed by atoms with E-state index in [0.717, 1.165) is 27.9 Å². The number of nitrogens with two attached hydrogens (primary N) is 2. The number of H-pyrrole nitrogens is 1. The first-order valence-corrected chi connectivity index (χ1v) is 11.9. The predicted molar refractivity (Wildman–Crippen MR) is 139 cm³/mol. The van der Waals surface area contributed by atoms with Crippen molar-refractivity contribution in [2.75, 3.05) is 11.5 Å². The molecule has 1 atom stereocenters. The van der Waals surface area contributed by atoms with Gasteiger partial charge >= 0.3 is 0 Å². The zero-order valence-electron chi connectivity index (χ0n) is 18.8. The highest BCUT2D eigenvalue weighted by Gasteiger charge is 2.38. The fraction of sp³-hybridized carbons (Fsp3) is 0.115. The zero-order valence-corrected chi connectivity index (χ0v) is 19.6. The van der Waals surface area contributed by atoms with E-state index in [2.05, 4.69) is 43.9 Å². The van der Waals surface area contributed by atoms with Gasteiger partial charge in [-0.2, -0.15) is 10.2 Å². The Morgan fingerprint density at radius 3 is 2.66 bits per heavy atom. The van der Waals surface area contributed by atoms with E-state index in [1.54, 1.807) is 22.0 Å². The molecule has 0 bridgehead atoms. The lowest BCUT2D eigenvalue weighted by Crippen LogP contribution is -2.32. The lowest BCUT2D eigenvalue weighted by atomic mass is 9.71. The number of nitrogen functional groups attached to an aromatic ring is 2. The lowest BCUT2D eigenvalue weighted by molar-refractivity contribution is 0.554. The summed E-state index contributed by atoms with van der Waals surface area (Å²) >= 11 is 1.58. The van der Waals surface area contributed by atoms with E-state index < -0.39 is 0 Å². The molecule has 0 radical (unpaired) electrons. The molecule has 0 fully saturated rings. The smallest absolute Gasteiger partial charge is 0.153 e. The SMILES string of the molecule is Nc1n[nH]c2ccccc12.Nc1nn(CC=C=O)c2c1C=CC(c1ccccc1)(c1cscn1)C2. The second kappa shape index (κ2) is 9.42. The molecule has 1 unspecified atom stereocenters. The maximum absolute atomic E-state index is 10.6. The molecule has 3 aromatic heterocycles. The number of anilines is 2. The number of aromatic nitrogens is 5. The van der Waals surface area contributed by atoms with E-state index in [-0.39, 0.29) is 5.41 Å². The maximum atomic E-state index is 10.6. The molecule has 35 heavy (non-hydrogen) atoms. The summed E-state index contributed by atoms with van der Waals surface area (Å²) in [6.07, 6.45) is 6.29. The van der Waals surface area contributed by atoms with Crippen molar-refractivity contribution in [1.29, 1.82) is 0 Å². The number of hydrogen-bond acceptors (Lipinski definition) is 7. The minimum absolute atomic E-state index is 0.360. The third-order valence-electron chi connectivity index (χ3n) is 6.13. The summed E-state index contributed by atoms with van der Waals surface area (Å²) in [6, 6.07) is 18.1. The van der Waals surface area contributed by atoms with Gasteiger partial charge in [0.05, 0.1) is 28.7 Å². The first kappa shape index (κ1) is 22.3. The first-order valence-electron chi connectivity index (χ1n) is 11.0. The van der Waals surface area contributed by atoms with Gasteiger partial charge in [-0.3, -0.25) is 9.78 Å². The highest BCUT2D eigenvalue weighted by atomic mass is 32.1. The van der Waals surface area contributed by atoms with Gasteiger partial charge in [-0.1, -0.05) is 54.6 Å². The van der Waals surface area contributed by atoms with Crippen molar-refractivity contribution in [2.45, 2.75) is 18.4 Å². The topological polar surface area (TPSA) is 128 Å². The summed E-state index contributed by atoms with van der Waals surface area (Å²) in [6.45, 7) is 0.360. The van der Waals surface area contributed by atoms with Crippen molar-refractivity contribution in [3.63, 3.8) is 0 Å². The van der Waals surface area contributed by atoms with Crippen molar-refractivity contribution in [2.24, 2.45) is 0 Å².